The molecule has 4 nitrogen and oxygen atoms in total. The van der Waals surface area contributed by atoms with Crippen molar-refractivity contribution in [3.63, 3.8) is 0 Å². The Balaban J connectivity index is 3.68. The maximum Gasteiger partial charge on any atom is 0.346 e. The smallest absolute Gasteiger partial charge is 0.346 e. The number of hydrogen-bond acceptors (Lipinski definition) is 3. The van der Waals surface area contributed by atoms with Crippen LogP contribution in [0.5, 0.6) is 5.75 Å². The standard InChI is InChI=1S/C6HF4NO3/c7-1-3(9)6(12)4(10)2(8)5(1)11(13)14/h12H. The minimum absolute atomic E-state index is 1.63. The maximum atomic E-state index is 12.6. The molecule has 0 fully saturated rings. The van der Waals surface area contributed by atoms with Gasteiger partial charge in [0, 0.05) is 0 Å². The van der Waals surface area contributed by atoms with Crippen LogP contribution >= 0.6 is 0 Å². The van der Waals surface area contributed by atoms with Gasteiger partial charge in [-0.2, -0.15) is 17.6 Å². The van der Waals surface area contributed by atoms with Crippen LogP contribution in [-0.2, 0) is 0 Å². The molecule has 0 heterocycles. The fraction of sp³-hybridized carbons (Fsp3) is 0. The van der Waals surface area contributed by atoms with E-state index in [0.717, 1.165) is 0 Å². The first-order valence-corrected chi connectivity index (χ1v) is 3.07. The molecule has 0 radical (unpaired) electrons. The molecule has 0 spiro atoms. The zero-order valence-corrected chi connectivity index (χ0v) is 6.22. The number of benzene rings is 1. The molecule has 0 bridgehead atoms. The van der Waals surface area contributed by atoms with Gasteiger partial charge in [0.25, 0.3) is 0 Å². The summed E-state index contributed by atoms with van der Waals surface area (Å²) in [5.74, 6) is -10.8. The fourth-order valence-corrected chi connectivity index (χ4v) is 0.769. The van der Waals surface area contributed by atoms with Crippen LogP contribution in [-0.4, -0.2) is 10.0 Å². The minimum Gasteiger partial charge on any atom is -0.503 e. The van der Waals surface area contributed by atoms with Gasteiger partial charge in [0.05, 0.1) is 4.92 Å². The van der Waals surface area contributed by atoms with Crippen LogP contribution in [0.3, 0.4) is 0 Å². The molecule has 1 aromatic rings. The van der Waals surface area contributed by atoms with Gasteiger partial charge in [-0.1, -0.05) is 0 Å². The largest absolute Gasteiger partial charge is 0.503 e. The van der Waals surface area contributed by atoms with Crippen LogP contribution in [0.2, 0.25) is 0 Å². The summed E-state index contributed by atoms with van der Waals surface area (Å²) in [6.07, 6.45) is 0. The number of phenols is 1. The lowest BCUT2D eigenvalue weighted by Gasteiger charge is -2.01. The van der Waals surface area contributed by atoms with E-state index >= 15 is 0 Å². The van der Waals surface area contributed by atoms with E-state index < -0.39 is 39.6 Å². The molecule has 0 unspecified atom stereocenters. The van der Waals surface area contributed by atoms with Gasteiger partial charge >= 0.3 is 5.69 Å². The number of nitrogens with zero attached hydrogens (tertiary/aromatic N) is 1. The molecule has 0 aliphatic heterocycles. The van der Waals surface area contributed by atoms with Gasteiger partial charge in [0.1, 0.15) is 0 Å². The summed E-state index contributed by atoms with van der Waals surface area (Å²) in [5.41, 5.74) is -1.97. The molecular weight excluding hydrogens is 210 g/mol. The van der Waals surface area contributed by atoms with E-state index in [1.807, 2.05) is 0 Å². The lowest BCUT2D eigenvalue weighted by atomic mass is 10.2. The summed E-state index contributed by atoms with van der Waals surface area (Å²) in [6, 6.07) is 0. The van der Waals surface area contributed by atoms with Gasteiger partial charge in [-0.3, -0.25) is 10.1 Å². The summed E-state index contributed by atoms with van der Waals surface area (Å²) in [4.78, 5) is 8.34. The molecule has 0 aliphatic carbocycles. The predicted molar refractivity (Wildman–Crippen MR) is 34.6 cm³/mol. The monoisotopic (exact) mass is 211 g/mol. The third-order valence-electron chi connectivity index (χ3n) is 1.40. The van der Waals surface area contributed by atoms with Crippen molar-refractivity contribution < 1.29 is 27.6 Å². The lowest BCUT2D eigenvalue weighted by Crippen LogP contribution is -2.03. The molecule has 76 valence electrons. The second-order valence-corrected chi connectivity index (χ2v) is 2.21. The van der Waals surface area contributed by atoms with Crippen LogP contribution < -0.4 is 0 Å². The molecular formula is C6HF4NO3. The second-order valence-electron chi connectivity index (χ2n) is 2.21. The van der Waals surface area contributed by atoms with Gasteiger partial charge in [-0.15, -0.1) is 0 Å². The van der Waals surface area contributed by atoms with Crippen molar-refractivity contribution in [3.8, 4) is 5.75 Å². The fourth-order valence-electron chi connectivity index (χ4n) is 0.769. The Morgan fingerprint density at radius 2 is 1.36 bits per heavy atom. The van der Waals surface area contributed by atoms with E-state index in [-0.39, 0.29) is 0 Å². The van der Waals surface area contributed by atoms with Gasteiger partial charge in [0.15, 0.2) is 5.75 Å². The summed E-state index contributed by atoms with van der Waals surface area (Å²) in [7, 11) is 0. The highest BCUT2D eigenvalue weighted by Gasteiger charge is 2.32. The van der Waals surface area contributed by atoms with Gasteiger partial charge in [0.2, 0.25) is 23.3 Å². The Hall–Kier alpha value is -1.86. The van der Waals surface area contributed by atoms with Gasteiger partial charge in [-0.05, 0) is 0 Å². The number of nitro groups is 1. The molecule has 8 heteroatoms. The van der Waals surface area contributed by atoms with Crippen molar-refractivity contribution in [3.05, 3.63) is 33.4 Å². The topological polar surface area (TPSA) is 63.4 Å². The number of rotatable bonds is 1. The Labute approximate surface area is 73.5 Å². The molecule has 0 saturated heterocycles. The molecule has 0 aromatic heterocycles. The molecule has 0 amide bonds. The third-order valence-corrected chi connectivity index (χ3v) is 1.40. The number of hydrogen-bond donors (Lipinski definition) is 1. The van der Waals surface area contributed by atoms with Crippen molar-refractivity contribution in [1.29, 1.82) is 0 Å². The molecule has 1 rings (SSSR count). The highest BCUT2D eigenvalue weighted by Crippen LogP contribution is 2.32. The first-order chi connectivity index (χ1) is 6.37. The molecule has 0 atom stereocenters. The van der Waals surface area contributed by atoms with E-state index in [1.54, 1.807) is 0 Å². The summed E-state index contributed by atoms with van der Waals surface area (Å²) in [5, 5.41) is 18.4. The normalized spacial score (nSPS) is 10.3. The van der Waals surface area contributed by atoms with E-state index in [9.17, 15) is 27.7 Å². The Bertz CT molecular complexity index is 391. The van der Waals surface area contributed by atoms with E-state index in [2.05, 4.69) is 0 Å². The first kappa shape index (κ1) is 10.2. The SMILES string of the molecule is O=[N+]([O-])c1c(F)c(F)c(O)c(F)c1F. The number of phenolic OH excluding ortho intramolecular Hbond substituents is 1. The highest BCUT2D eigenvalue weighted by atomic mass is 19.2. The van der Waals surface area contributed by atoms with Crippen molar-refractivity contribution in [2.75, 3.05) is 0 Å². The summed E-state index contributed by atoms with van der Waals surface area (Å²) in [6.45, 7) is 0. The van der Waals surface area contributed by atoms with Crippen LogP contribution in [0.25, 0.3) is 0 Å². The second kappa shape index (κ2) is 3.13. The summed E-state index contributed by atoms with van der Waals surface area (Å²) < 4.78 is 50.1. The quantitative estimate of drug-likeness (QED) is 0.333. The van der Waals surface area contributed by atoms with Gasteiger partial charge in [-0.25, -0.2) is 0 Å². The zero-order chi connectivity index (χ0) is 11.0. The first-order valence-electron chi connectivity index (χ1n) is 3.07. The zero-order valence-electron chi connectivity index (χ0n) is 6.22. The van der Waals surface area contributed by atoms with Crippen LogP contribution in [0.4, 0.5) is 23.2 Å². The molecule has 0 saturated carbocycles. The Morgan fingerprint density at radius 3 is 1.64 bits per heavy atom. The van der Waals surface area contributed by atoms with Crippen molar-refractivity contribution in [2.24, 2.45) is 0 Å². The molecule has 1 aromatic carbocycles. The highest BCUT2D eigenvalue weighted by molar-refractivity contribution is 5.41. The van der Waals surface area contributed by atoms with Crippen LogP contribution in [0, 0.1) is 33.4 Å². The molecule has 1 N–H and O–H groups in total. The number of aromatic hydroxyl groups is 1. The van der Waals surface area contributed by atoms with E-state index in [4.69, 9.17) is 5.11 Å². The Morgan fingerprint density at radius 1 is 1.00 bits per heavy atom. The predicted octanol–water partition coefficient (Wildman–Crippen LogP) is 1.86. The average Bonchev–Trinajstić information content (AvgIpc) is 2.11. The van der Waals surface area contributed by atoms with E-state index in [0.29, 0.717) is 0 Å². The van der Waals surface area contributed by atoms with E-state index in [1.165, 1.54) is 0 Å². The Kier molecular flexibility index (Phi) is 2.28. The molecule has 0 aliphatic rings. The third kappa shape index (κ3) is 1.24. The minimum atomic E-state index is -2.24. The van der Waals surface area contributed by atoms with Gasteiger partial charge < -0.3 is 5.11 Å². The van der Waals surface area contributed by atoms with Crippen molar-refractivity contribution in [1.82, 2.24) is 0 Å². The van der Waals surface area contributed by atoms with Crippen LogP contribution in [0.1, 0.15) is 0 Å². The number of halogens is 4. The average molecular weight is 211 g/mol. The van der Waals surface area contributed by atoms with Crippen molar-refractivity contribution >= 4 is 5.69 Å². The summed E-state index contributed by atoms with van der Waals surface area (Å²) >= 11 is 0. The van der Waals surface area contributed by atoms with Crippen LogP contribution in [0.15, 0.2) is 0 Å². The van der Waals surface area contributed by atoms with Crippen molar-refractivity contribution in [2.45, 2.75) is 0 Å². The lowest BCUT2D eigenvalue weighted by molar-refractivity contribution is -0.390. The molecule has 14 heavy (non-hydrogen) atoms. The maximum absolute atomic E-state index is 12.6. The number of nitro benzene ring substituents is 1.